The summed E-state index contributed by atoms with van der Waals surface area (Å²) in [6.07, 6.45) is 0. The molecule has 186 valence electrons. The molecule has 1 atom stereocenters. The van der Waals surface area contributed by atoms with Crippen LogP contribution in [0.3, 0.4) is 0 Å². The van der Waals surface area contributed by atoms with Crippen molar-refractivity contribution in [3.05, 3.63) is 70.6 Å². The fourth-order valence-electron chi connectivity index (χ4n) is 3.27. The van der Waals surface area contributed by atoms with E-state index in [2.05, 4.69) is 10.3 Å². The number of halogens is 3. The Balaban J connectivity index is 1.80. The van der Waals surface area contributed by atoms with Crippen molar-refractivity contribution in [2.45, 2.75) is 12.6 Å². The van der Waals surface area contributed by atoms with Crippen molar-refractivity contribution in [1.29, 1.82) is 0 Å². The molecule has 0 fully saturated rings. The fraction of sp³-hybridized carbons (Fsp3) is 0.280. The number of hydrogen-bond acceptors (Lipinski definition) is 6. The molecule has 0 saturated carbocycles. The minimum atomic E-state index is -2.05. The number of aromatic nitrogens is 1. The number of pyridine rings is 1. The minimum Gasteiger partial charge on any atom is -0.494 e. The van der Waals surface area contributed by atoms with Crippen LogP contribution < -0.4 is 19.5 Å². The maximum atomic E-state index is 15.7. The zero-order valence-corrected chi connectivity index (χ0v) is 20.2. The van der Waals surface area contributed by atoms with Gasteiger partial charge in [0.1, 0.15) is 23.9 Å². The Kier molecular flexibility index (Phi) is 8.48. The van der Waals surface area contributed by atoms with Gasteiger partial charge in [0.05, 0.1) is 38.1 Å². The molecule has 0 bridgehead atoms. The van der Waals surface area contributed by atoms with Gasteiger partial charge in [0.15, 0.2) is 17.2 Å². The maximum absolute atomic E-state index is 15.7. The smallest absolute Gasteiger partial charge is 0.251 e. The molecule has 0 aliphatic rings. The number of nitrogens with zero attached hydrogens (tertiary/aromatic N) is 1. The van der Waals surface area contributed by atoms with Crippen molar-refractivity contribution >= 4 is 17.5 Å². The van der Waals surface area contributed by atoms with Crippen LogP contribution >= 0.6 is 11.6 Å². The Hall–Kier alpha value is -3.43. The Morgan fingerprint density at radius 2 is 1.80 bits per heavy atom. The number of benzene rings is 2. The molecule has 3 aromatic rings. The lowest BCUT2D eigenvalue weighted by atomic mass is 10.0. The molecule has 0 aliphatic carbocycles. The highest BCUT2D eigenvalue weighted by atomic mass is 35.5. The first-order chi connectivity index (χ1) is 16.7. The highest BCUT2D eigenvalue weighted by molar-refractivity contribution is 6.31. The number of methoxy groups -OCH3 is 2. The van der Waals surface area contributed by atoms with Crippen LogP contribution in [0.25, 0.3) is 11.3 Å². The van der Waals surface area contributed by atoms with Gasteiger partial charge in [-0.2, -0.15) is 0 Å². The first-order valence-corrected chi connectivity index (χ1v) is 11.0. The van der Waals surface area contributed by atoms with Crippen molar-refractivity contribution in [2.24, 2.45) is 0 Å². The van der Waals surface area contributed by atoms with E-state index in [1.807, 2.05) is 0 Å². The maximum Gasteiger partial charge on any atom is 0.251 e. The topological polar surface area (TPSA) is 89.9 Å². The van der Waals surface area contributed by atoms with E-state index in [1.165, 1.54) is 63.6 Å². The van der Waals surface area contributed by atoms with E-state index in [0.717, 1.165) is 0 Å². The van der Waals surface area contributed by atoms with Gasteiger partial charge >= 0.3 is 0 Å². The third-order valence-electron chi connectivity index (χ3n) is 5.16. The Bertz CT molecular complexity index is 1210. The second kappa shape index (κ2) is 11.3. The standard InChI is InChI=1S/C25H25ClF2N2O5/c1-25(28,14-29-24(32)16-5-7-19(35-11-10-31)21(13-16)34-3)22-9-8-20(33-2)23(30-22)15-4-6-18(27)17(26)12-15/h4-9,12-13,31H,10-11,14H2,1-3H3,(H,29,32). The summed E-state index contributed by atoms with van der Waals surface area (Å²) < 4.78 is 45.1. The molecule has 1 unspecified atom stereocenters. The predicted octanol–water partition coefficient (Wildman–Crippen LogP) is 4.54. The summed E-state index contributed by atoms with van der Waals surface area (Å²) in [5, 5.41) is 11.4. The third kappa shape index (κ3) is 6.17. The fourth-order valence-corrected chi connectivity index (χ4v) is 3.45. The van der Waals surface area contributed by atoms with E-state index >= 15 is 4.39 Å². The molecule has 1 aromatic heterocycles. The van der Waals surface area contributed by atoms with Crippen LogP contribution in [0.5, 0.6) is 17.2 Å². The summed E-state index contributed by atoms with van der Waals surface area (Å²) in [7, 11) is 2.86. The van der Waals surface area contributed by atoms with Gasteiger partial charge < -0.3 is 24.6 Å². The first kappa shape index (κ1) is 26.2. The van der Waals surface area contributed by atoms with Gasteiger partial charge in [0, 0.05) is 11.1 Å². The van der Waals surface area contributed by atoms with Crippen molar-refractivity contribution in [3.63, 3.8) is 0 Å². The van der Waals surface area contributed by atoms with Crippen LogP contribution in [0, 0.1) is 5.82 Å². The van der Waals surface area contributed by atoms with E-state index < -0.39 is 17.4 Å². The molecule has 0 saturated heterocycles. The number of amides is 1. The number of carbonyl (C=O) groups is 1. The highest BCUT2D eigenvalue weighted by Gasteiger charge is 2.30. The van der Waals surface area contributed by atoms with Crippen LogP contribution in [0.1, 0.15) is 23.0 Å². The summed E-state index contributed by atoms with van der Waals surface area (Å²) in [6.45, 7) is 0.814. The summed E-state index contributed by atoms with van der Waals surface area (Å²) >= 11 is 5.89. The number of rotatable bonds is 10. The number of alkyl halides is 1. The molecule has 2 N–H and O–H groups in total. The van der Waals surface area contributed by atoms with Gasteiger partial charge in [-0.25, -0.2) is 13.8 Å². The van der Waals surface area contributed by atoms with Gasteiger partial charge in [0.2, 0.25) is 0 Å². The number of carbonyl (C=O) groups excluding carboxylic acids is 1. The summed E-state index contributed by atoms with van der Waals surface area (Å²) in [4.78, 5) is 17.1. The monoisotopic (exact) mass is 506 g/mol. The number of hydrogen-bond donors (Lipinski definition) is 2. The van der Waals surface area contributed by atoms with Gasteiger partial charge in [-0.15, -0.1) is 0 Å². The van der Waals surface area contributed by atoms with E-state index in [-0.39, 0.29) is 41.7 Å². The molecule has 1 amide bonds. The molecule has 3 rings (SSSR count). The summed E-state index contributed by atoms with van der Waals surface area (Å²) in [6, 6.07) is 11.5. The SMILES string of the molecule is COc1cc(C(=O)NCC(C)(F)c2ccc(OC)c(-c3ccc(F)c(Cl)c3)n2)ccc1OCCO. The summed E-state index contributed by atoms with van der Waals surface area (Å²) in [5.41, 5.74) is -1.04. The molecule has 0 spiro atoms. The molecule has 2 aromatic carbocycles. The van der Waals surface area contributed by atoms with Crippen molar-refractivity contribution < 1.29 is 32.9 Å². The summed E-state index contributed by atoms with van der Waals surface area (Å²) in [5.74, 6) is -0.0992. The molecule has 0 aliphatic heterocycles. The highest BCUT2D eigenvalue weighted by Crippen LogP contribution is 2.34. The third-order valence-corrected chi connectivity index (χ3v) is 5.45. The van der Waals surface area contributed by atoms with Crippen LogP contribution in [0.15, 0.2) is 48.5 Å². The van der Waals surface area contributed by atoms with Crippen LogP contribution in [-0.4, -0.2) is 50.0 Å². The van der Waals surface area contributed by atoms with E-state index in [4.69, 9.17) is 30.9 Å². The van der Waals surface area contributed by atoms with Crippen molar-refractivity contribution in [3.8, 4) is 28.5 Å². The Labute approximate surface area is 206 Å². The molecule has 10 heteroatoms. The second-order valence-corrected chi connectivity index (χ2v) is 8.10. The molecular weight excluding hydrogens is 482 g/mol. The largest absolute Gasteiger partial charge is 0.494 e. The van der Waals surface area contributed by atoms with Crippen LogP contribution in [0.4, 0.5) is 8.78 Å². The minimum absolute atomic E-state index is 0.0411. The second-order valence-electron chi connectivity index (χ2n) is 7.69. The van der Waals surface area contributed by atoms with Crippen LogP contribution in [-0.2, 0) is 5.67 Å². The van der Waals surface area contributed by atoms with E-state index in [0.29, 0.717) is 22.8 Å². The Morgan fingerprint density at radius 3 is 2.46 bits per heavy atom. The lowest BCUT2D eigenvalue weighted by Gasteiger charge is -2.22. The number of aliphatic hydroxyl groups excluding tert-OH is 1. The number of ether oxygens (including phenoxy) is 3. The lowest BCUT2D eigenvalue weighted by Crippen LogP contribution is -2.36. The van der Waals surface area contributed by atoms with Gasteiger partial charge in [-0.1, -0.05) is 11.6 Å². The predicted molar refractivity (Wildman–Crippen MR) is 128 cm³/mol. The Morgan fingerprint density at radius 1 is 1.09 bits per heavy atom. The molecule has 35 heavy (non-hydrogen) atoms. The molecule has 7 nitrogen and oxygen atoms in total. The molecule has 0 radical (unpaired) electrons. The lowest BCUT2D eigenvalue weighted by molar-refractivity contribution is 0.0907. The van der Waals surface area contributed by atoms with Crippen molar-refractivity contribution in [2.75, 3.05) is 34.0 Å². The number of nitrogens with one attached hydrogen (secondary N) is 1. The van der Waals surface area contributed by atoms with E-state index in [1.54, 1.807) is 6.07 Å². The average Bonchev–Trinajstić information content (AvgIpc) is 2.87. The quantitative estimate of drug-likeness (QED) is 0.419. The molecular formula is C25H25ClF2N2O5. The zero-order chi connectivity index (χ0) is 25.6. The zero-order valence-electron chi connectivity index (χ0n) is 19.4. The van der Waals surface area contributed by atoms with Gasteiger partial charge in [-0.3, -0.25) is 4.79 Å². The average molecular weight is 507 g/mol. The first-order valence-electron chi connectivity index (χ1n) is 10.6. The van der Waals surface area contributed by atoms with E-state index in [9.17, 15) is 9.18 Å². The van der Waals surface area contributed by atoms with Gasteiger partial charge in [0.25, 0.3) is 5.91 Å². The van der Waals surface area contributed by atoms with Gasteiger partial charge in [-0.05, 0) is 55.5 Å². The molecule has 1 heterocycles. The normalized spacial score (nSPS) is 12.5. The number of aliphatic hydroxyl groups is 1. The van der Waals surface area contributed by atoms with Crippen molar-refractivity contribution in [1.82, 2.24) is 10.3 Å². The van der Waals surface area contributed by atoms with Crippen LogP contribution in [0.2, 0.25) is 5.02 Å².